The number of amides is 1. The number of carboxylic acid groups (broad SMARTS) is 1. The molecule has 1 amide bonds. The number of rotatable bonds is 4. The molecule has 0 aliphatic carbocycles. The van der Waals surface area contributed by atoms with E-state index >= 15 is 0 Å². The van der Waals surface area contributed by atoms with Gasteiger partial charge < -0.3 is 21.0 Å². The first kappa shape index (κ1) is 13.1. The molecule has 0 fully saturated rings. The molecule has 0 spiro atoms. The van der Waals surface area contributed by atoms with Gasteiger partial charge >= 0.3 is 0 Å². The van der Waals surface area contributed by atoms with Crippen LogP contribution in [0, 0.1) is 0 Å². The Morgan fingerprint density at radius 1 is 1.26 bits per heavy atom. The third-order valence-electron chi connectivity index (χ3n) is 2.52. The van der Waals surface area contributed by atoms with Crippen LogP contribution in [0.25, 0.3) is 11.1 Å². The Balaban J connectivity index is 2.33. The Morgan fingerprint density at radius 3 is 2.58 bits per heavy atom. The fraction of sp³-hybridized carbons (Fsp3) is 0.0769. The van der Waals surface area contributed by atoms with Crippen LogP contribution in [0.5, 0.6) is 0 Å². The average Bonchev–Trinajstić information content (AvgIpc) is 2.79. The lowest BCUT2D eigenvalue weighted by molar-refractivity contribution is -0.303. The standard InChI is InChI=1S/C13H12N2O3S/c14-12-11(13(18)15-6-10(16)17)9(7-19-12)8-4-2-1-3-5-8/h1-5,7H,6,14H2,(H,15,18)(H,16,17)/p-1. The highest BCUT2D eigenvalue weighted by Crippen LogP contribution is 2.33. The number of carbonyl (C=O) groups excluding carboxylic acids is 2. The molecular formula is C13H11N2O3S-. The van der Waals surface area contributed by atoms with Gasteiger partial charge in [0.25, 0.3) is 5.91 Å². The first-order chi connectivity index (χ1) is 9.09. The van der Waals surface area contributed by atoms with Crippen molar-refractivity contribution in [1.29, 1.82) is 0 Å². The third-order valence-corrected chi connectivity index (χ3v) is 3.34. The van der Waals surface area contributed by atoms with E-state index in [1.807, 2.05) is 30.3 Å². The summed E-state index contributed by atoms with van der Waals surface area (Å²) < 4.78 is 0. The van der Waals surface area contributed by atoms with Gasteiger partial charge in [-0.2, -0.15) is 0 Å². The van der Waals surface area contributed by atoms with Crippen LogP contribution in [0.15, 0.2) is 35.7 Å². The Kier molecular flexibility index (Phi) is 3.82. The largest absolute Gasteiger partial charge is 0.548 e. The summed E-state index contributed by atoms with van der Waals surface area (Å²) in [7, 11) is 0. The molecule has 0 bridgehead atoms. The number of carbonyl (C=O) groups is 2. The Morgan fingerprint density at radius 2 is 1.95 bits per heavy atom. The molecule has 2 rings (SSSR count). The van der Waals surface area contributed by atoms with Crippen LogP contribution in [-0.4, -0.2) is 18.4 Å². The van der Waals surface area contributed by atoms with Gasteiger partial charge in [0.1, 0.15) is 0 Å². The summed E-state index contributed by atoms with van der Waals surface area (Å²) in [6.45, 7) is -0.539. The number of nitrogens with two attached hydrogens (primary N) is 1. The second kappa shape index (κ2) is 5.53. The molecule has 0 aliphatic heterocycles. The van der Waals surface area contributed by atoms with Crippen LogP contribution in [-0.2, 0) is 4.79 Å². The van der Waals surface area contributed by atoms with Crippen molar-refractivity contribution in [2.75, 3.05) is 12.3 Å². The smallest absolute Gasteiger partial charge is 0.255 e. The average molecular weight is 275 g/mol. The first-order valence-corrected chi connectivity index (χ1v) is 6.38. The van der Waals surface area contributed by atoms with E-state index in [1.165, 1.54) is 11.3 Å². The minimum Gasteiger partial charge on any atom is -0.548 e. The van der Waals surface area contributed by atoms with Crippen molar-refractivity contribution >= 4 is 28.2 Å². The van der Waals surface area contributed by atoms with E-state index in [-0.39, 0.29) is 0 Å². The maximum Gasteiger partial charge on any atom is 0.255 e. The Bertz CT molecular complexity index is 608. The molecule has 1 aromatic carbocycles. The van der Waals surface area contributed by atoms with Crippen molar-refractivity contribution in [2.24, 2.45) is 0 Å². The van der Waals surface area contributed by atoms with Crippen molar-refractivity contribution in [2.45, 2.75) is 0 Å². The fourth-order valence-corrected chi connectivity index (χ4v) is 2.50. The lowest BCUT2D eigenvalue weighted by Crippen LogP contribution is -2.37. The zero-order valence-electron chi connectivity index (χ0n) is 9.88. The second-order valence-electron chi connectivity index (χ2n) is 3.81. The molecule has 19 heavy (non-hydrogen) atoms. The van der Waals surface area contributed by atoms with Crippen molar-refractivity contribution < 1.29 is 14.7 Å². The van der Waals surface area contributed by atoms with Crippen molar-refractivity contribution in [3.63, 3.8) is 0 Å². The second-order valence-corrected chi connectivity index (χ2v) is 4.72. The summed E-state index contributed by atoms with van der Waals surface area (Å²) in [5.74, 6) is -1.86. The number of carboxylic acids is 1. The monoisotopic (exact) mass is 275 g/mol. The minimum absolute atomic E-state index is 0.303. The molecule has 0 saturated heterocycles. The zero-order chi connectivity index (χ0) is 13.8. The van der Waals surface area contributed by atoms with Gasteiger partial charge in [0, 0.05) is 10.9 Å². The number of thiophene rings is 1. The number of hydrogen-bond acceptors (Lipinski definition) is 5. The van der Waals surface area contributed by atoms with Gasteiger partial charge in [-0.05, 0) is 5.56 Å². The quantitative estimate of drug-likeness (QED) is 0.848. The maximum atomic E-state index is 11.9. The molecule has 0 aliphatic rings. The van der Waals surface area contributed by atoms with E-state index in [1.54, 1.807) is 5.38 Å². The lowest BCUT2D eigenvalue weighted by Gasteiger charge is -2.08. The third kappa shape index (κ3) is 2.92. The Labute approximate surface area is 113 Å². The molecule has 3 N–H and O–H groups in total. The van der Waals surface area contributed by atoms with E-state index in [2.05, 4.69) is 5.32 Å². The van der Waals surface area contributed by atoms with Crippen LogP contribution in [0.4, 0.5) is 5.00 Å². The van der Waals surface area contributed by atoms with E-state index in [0.717, 1.165) is 5.56 Å². The molecule has 98 valence electrons. The zero-order valence-corrected chi connectivity index (χ0v) is 10.7. The van der Waals surface area contributed by atoms with Crippen LogP contribution in [0.1, 0.15) is 10.4 Å². The fourth-order valence-electron chi connectivity index (χ4n) is 1.68. The summed E-state index contributed by atoms with van der Waals surface area (Å²) in [5.41, 5.74) is 7.63. The molecule has 0 radical (unpaired) electrons. The summed E-state index contributed by atoms with van der Waals surface area (Å²) in [5, 5.41) is 14.8. The van der Waals surface area contributed by atoms with Gasteiger partial charge in [0.05, 0.1) is 23.1 Å². The highest BCUT2D eigenvalue weighted by molar-refractivity contribution is 7.15. The number of benzene rings is 1. The predicted molar refractivity (Wildman–Crippen MR) is 71.5 cm³/mol. The Hall–Kier alpha value is -2.34. The van der Waals surface area contributed by atoms with E-state index in [9.17, 15) is 14.7 Å². The molecule has 0 unspecified atom stereocenters. The molecule has 1 heterocycles. The van der Waals surface area contributed by atoms with Crippen LogP contribution < -0.4 is 16.2 Å². The van der Waals surface area contributed by atoms with Gasteiger partial charge in [-0.25, -0.2) is 0 Å². The molecule has 1 aromatic heterocycles. The van der Waals surface area contributed by atoms with Crippen LogP contribution in [0.3, 0.4) is 0 Å². The molecular weight excluding hydrogens is 264 g/mol. The van der Waals surface area contributed by atoms with Crippen LogP contribution >= 0.6 is 11.3 Å². The van der Waals surface area contributed by atoms with E-state index in [0.29, 0.717) is 16.1 Å². The van der Waals surface area contributed by atoms with E-state index in [4.69, 9.17) is 5.73 Å². The van der Waals surface area contributed by atoms with Gasteiger partial charge in [-0.3, -0.25) is 4.79 Å². The molecule has 0 atom stereocenters. The summed E-state index contributed by atoms with van der Waals surface area (Å²) >= 11 is 1.24. The molecule has 5 nitrogen and oxygen atoms in total. The predicted octanol–water partition coefficient (Wildman–Crippen LogP) is 0.477. The lowest BCUT2D eigenvalue weighted by atomic mass is 10.0. The highest BCUT2D eigenvalue weighted by atomic mass is 32.1. The number of anilines is 1. The number of aliphatic carboxylic acids is 1. The van der Waals surface area contributed by atoms with E-state index < -0.39 is 18.4 Å². The van der Waals surface area contributed by atoms with Crippen molar-refractivity contribution in [1.82, 2.24) is 5.32 Å². The van der Waals surface area contributed by atoms with Gasteiger partial charge in [0.15, 0.2) is 0 Å². The SMILES string of the molecule is Nc1scc(-c2ccccc2)c1C(=O)NCC(=O)[O-]. The topological polar surface area (TPSA) is 95.2 Å². The molecule has 2 aromatic rings. The summed E-state index contributed by atoms with van der Waals surface area (Å²) in [6.07, 6.45) is 0. The van der Waals surface area contributed by atoms with Crippen LogP contribution in [0.2, 0.25) is 0 Å². The molecule has 6 heteroatoms. The first-order valence-electron chi connectivity index (χ1n) is 5.50. The normalized spacial score (nSPS) is 10.1. The van der Waals surface area contributed by atoms with Gasteiger partial charge in [0.2, 0.25) is 0 Å². The summed E-state index contributed by atoms with van der Waals surface area (Å²) in [6, 6.07) is 9.29. The molecule has 0 saturated carbocycles. The van der Waals surface area contributed by atoms with Gasteiger partial charge in [-0.1, -0.05) is 30.3 Å². The highest BCUT2D eigenvalue weighted by Gasteiger charge is 2.18. The number of hydrogen-bond donors (Lipinski definition) is 2. The summed E-state index contributed by atoms with van der Waals surface area (Å²) in [4.78, 5) is 22.3. The van der Waals surface area contributed by atoms with Crippen molar-refractivity contribution in [3.8, 4) is 11.1 Å². The van der Waals surface area contributed by atoms with Gasteiger partial charge in [-0.15, -0.1) is 11.3 Å². The minimum atomic E-state index is -1.34. The number of nitrogens with one attached hydrogen (secondary N) is 1. The number of nitrogen functional groups attached to an aromatic ring is 1. The van der Waals surface area contributed by atoms with Crippen molar-refractivity contribution in [3.05, 3.63) is 41.3 Å². The maximum absolute atomic E-state index is 11.9.